The lowest BCUT2D eigenvalue weighted by molar-refractivity contribution is -0.144. The molecule has 3 heterocycles. The number of rotatable bonds is 5. The zero-order chi connectivity index (χ0) is 22.0. The molecule has 0 bridgehead atoms. The fourth-order valence-corrected chi connectivity index (χ4v) is 6.11. The van der Waals surface area contributed by atoms with Crippen LogP contribution in [0, 0.1) is 11.2 Å². The van der Waals surface area contributed by atoms with E-state index in [0.29, 0.717) is 23.2 Å². The van der Waals surface area contributed by atoms with Crippen LogP contribution in [0.4, 0.5) is 4.39 Å². The fourth-order valence-electron chi connectivity index (χ4n) is 6.11. The lowest BCUT2D eigenvalue weighted by Gasteiger charge is -2.63. The highest BCUT2D eigenvalue weighted by atomic mass is 19.1. The van der Waals surface area contributed by atoms with Gasteiger partial charge in [0.05, 0.1) is 0 Å². The summed E-state index contributed by atoms with van der Waals surface area (Å²) in [6.07, 6.45) is 12.6. The van der Waals surface area contributed by atoms with E-state index in [-0.39, 0.29) is 18.3 Å². The van der Waals surface area contributed by atoms with E-state index in [4.69, 9.17) is 4.74 Å². The number of halogens is 1. The van der Waals surface area contributed by atoms with E-state index in [2.05, 4.69) is 22.0 Å². The molecule has 0 radical (unpaired) electrons. The van der Waals surface area contributed by atoms with Gasteiger partial charge in [-0.2, -0.15) is 0 Å². The second-order valence-electron chi connectivity index (χ2n) is 9.63. The van der Waals surface area contributed by atoms with E-state index in [1.54, 1.807) is 12.1 Å². The molecule has 1 amide bonds. The van der Waals surface area contributed by atoms with Gasteiger partial charge in [0.2, 0.25) is 0 Å². The molecule has 1 aliphatic carbocycles. The molecule has 170 valence electrons. The molecule has 1 unspecified atom stereocenters. The highest BCUT2D eigenvalue weighted by Gasteiger charge is 2.54. The van der Waals surface area contributed by atoms with Crippen molar-refractivity contribution in [2.75, 3.05) is 26.2 Å². The number of carbonyl (C=O) groups is 1. The Hall–Kier alpha value is -2.47. The number of amides is 1. The quantitative estimate of drug-likeness (QED) is 0.686. The van der Waals surface area contributed by atoms with Gasteiger partial charge in [-0.1, -0.05) is 19.3 Å². The molecule has 1 saturated carbocycles. The second kappa shape index (κ2) is 9.18. The number of hydrogen-bond acceptors (Lipinski definition) is 4. The Morgan fingerprint density at radius 1 is 1.03 bits per heavy atom. The number of likely N-dealkylation sites (tertiary alicyclic amines) is 2. The molecule has 1 atom stereocenters. The molecular formula is C26H32FN3O2. The van der Waals surface area contributed by atoms with Gasteiger partial charge in [0.1, 0.15) is 11.6 Å². The number of pyridine rings is 1. The van der Waals surface area contributed by atoms with E-state index < -0.39 is 0 Å². The van der Waals surface area contributed by atoms with Gasteiger partial charge in [0.25, 0.3) is 5.91 Å². The summed E-state index contributed by atoms with van der Waals surface area (Å²) in [5.41, 5.74) is 1.83. The van der Waals surface area contributed by atoms with Crippen molar-refractivity contribution < 1.29 is 13.9 Å². The van der Waals surface area contributed by atoms with Crippen LogP contribution in [0.25, 0.3) is 0 Å². The Morgan fingerprint density at radius 3 is 2.41 bits per heavy atom. The lowest BCUT2D eigenvalue weighted by Crippen LogP contribution is -2.64. The van der Waals surface area contributed by atoms with Crippen LogP contribution in [-0.4, -0.2) is 53.0 Å². The molecule has 3 aliphatic rings. The molecule has 2 aliphatic heterocycles. The first-order chi connectivity index (χ1) is 15.6. The average Bonchev–Trinajstić information content (AvgIpc) is 2.83. The summed E-state index contributed by atoms with van der Waals surface area (Å²) in [7, 11) is 0. The third kappa shape index (κ3) is 4.25. The van der Waals surface area contributed by atoms with Gasteiger partial charge < -0.3 is 9.64 Å². The number of nitrogens with zero attached hydrogens (tertiary/aromatic N) is 3. The summed E-state index contributed by atoms with van der Waals surface area (Å²) in [6.45, 7) is 2.72. The molecule has 3 fully saturated rings. The first-order valence-electron chi connectivity index (χ1n) is 12.0. The van der Waals surface area contributed by atoms with Gasteiger partial charge in [-0.3, -0.25) is 14.7 Å². The van der Waals surface area contributed by atoms with Crippen LogP contribution in [-0.2, 0) is 4.79 Å². The highest BCUT2D eigenvalue weighted by molar-refractivity contribution is 5.77. The third-order valence-electron chi connectivity index (χ3n) is 7.74. The minimum Gasteiger partial charge on any atom is -0.484 e. The number of ether oxygens (including phenoxy) is 1. The second-order valence-corrected chi connectivity index (χ2v) is 9.63. The predicted molar refractivity (Wildman–Crippen MR) is 121 cm³/mol. The molecule has 2 saturated heterocycles. The number of aromatic nitrogens is 1. The molecule has 1 aromatic heterocycles. The normalized spacial score (nSPS) is 23.7. The van der Waals surface area contributed by atoms with E-state index in [1.165, 1.54) is 56.3 Å². The number of hydrogen-bond donors (Lipinski definition) is 0. The molecule has 2 aromatic rings. The Kier molecular flexibility index (Phi) is 6.13. The standard InChI is InChI=1S/C26H32FN3O2/c27-21-4-6-23(7-5-21)32-18-24(31)29-16-10-22(11-17-29)30-19-26(12-2-1-3-13-26)25(30)20-8-14-28-15-9-20/h4-9,14-15,22,25H,1-3,10-13,16-19H2. The van der Waals surface area contributed by atoms with Crippen LogP contribution in [0.3, 0.4) is 0 Å². The van der Waals surface area contributed by atoms with Crippen molar-refractivity contribution in [1.29, 1.82) is 0 Å². The van der Waals surface area contributed by atoms with E-state index in [1.807, 2.05) is 17.3 Å². The topological polar surface area (TPSA) is 45.7 Å². The molecule has 1 spiro atoms. The molecule has 6 heteroatoms. The molecule has 5 nitrogen and oxygen atoms in total. The Balaban J connectivity index is 1.18. The van der Waals surface area contributed by atoms with E-state index in [9.17, 15) is 9.18 Å². The molecule has 5 rings (SSSR count). The largest absolute Gasteiger partial charge is 0.484 e. The van der Waals surface area contributed by atoms with Crippen LogP contribution >= 0.6 is 0 Å². The molecule has 32 heavy (non-hydrogen) atoms. The van der Waals surface area contributed by atoms with Crippen molar-refractivity contribution >= 4 is 5.91 Å². The molecule has 0 N–H and O–H groups in total. The van der Waals surface area contributed by atoms with Crippen molar-refractivity contribution in [3.8, 4) is 5.75 Å². The van der Waals surface area contributed by atoms with Crippen molar-refractivity contribution in [1.82, 2.24) is 14.8 Å². The zero-order valence-electron chi connectivity index (χ0n) is 18.6. The summed E-state index contributed by atoms with van der Waals surface area (Å²) in [4.78, 5) is 21.5. The maximum absolute atomic E-state index is 13.0. The Bertz CT molecular complexity index is 906. The van der Waals surface area contributed by atoms with Crippen molar-refractivity contribution in [2.24, 2.45) is 5.41 Å². The minimum absolute atomic E-state index is 0.00274. The van der Waals surface area contributed by atoms with Crippen LogP contribution in [0.2, 0.25) is 0 Å². The number of carbonyl (C=O) groups excluding carboxylic acids is 1. The van der Waals surface area contributed by atoms with Crippen LogP contribution in [0.15, 0.2) is 48.8 Å². The van der Waals surface area contributed by atoms with Crippen molar-refractivity contribution in [2.45, 2.75) is 57.0 Å². The van der Waals surface area contributed by atoms with Gasteiger partial charge in [0.15, 0.2) is 6.61 Å². The summed E-state index contributed by atoms with van der Waals surface area (Å²) in [5.74, 6) is 0.218. The van der Waals surface area contributed by atoms with Gasteiger partial charge in [0, 0.05) is 49.5 Å². The average molecular weight is 438 g/mol. The number of benzene rings is 1. The first-order valence-corrected chi connectivity index (χ1v) is 12.0. The van der Waals surface area contributed by atoms with Gasteiger partial charge in [-0.25, -0.2) is 4.39 Å². The summed E-state index contributed by atoms with van der Waals surface area (Å²) >= 11 is 0. The maximum Gasteiger partial charge on any atom is 0.260 e. The van der Waals surface area contributed by atoms with Gasteiger partial charge >= 0.3 is 0 Å². The van der Waals surface area contributed by atoms with Crippen LogP contribution in [0.1, 0.15) is 56.6 Å². The predicted octanol–water partition coefficient (Wildman–Crippen LogP) is 4.60. The Labute approximate surface area is 189 Å². The molecule has 1 aromatic carbocycles. The smallest absolute Gasteiger partial charge is 0.260 e. The van der Waals surface area contributed by atoms with E-state index >= 15 is 0 Å². The minimum atomic E-state index is -0.309. The highest BCUT2D eigenvalue weighted by Crippen LogP contribution is 2.58. The summed E-state index contributed by atoms with van der Waals surface area (Å²) in [5, 5.41) is 0. The first kappa shape index (κ1) is 21.4. The summed E-state index contributed by atoms with van der Waals surface area (Å²) < 4.78 is 18.6. The number of piperidine rings is 1. The third-order valence-corrected chi connectivity index (χ3v) is 7.74. The zero-order valence-corrected chi connectivity index (χ0v) is 18.6. The van der Waals surface area contributed by atoms with Gasteiger partial charge in [-0.05, 0) is 67.6 Å². The molecular weight excluding hydrogens is 405 g/mol. The van der Waals surface area contributed by atoms with Crippen LogP contribution < -0.4 is 4.74 Å². The summed E-state index contributed by atoms with van der Waals surface area (Å²) in [6, 6.07) is 11.2. The van der Waals surface area contributed by atoms with Crippen molar-refractivity contribution in [3.63, 3.8) is 0 Å². The SMILES string of the molecule is O=C(COc1ccc(F)cc1)N1CCC(N2CC3(CCCCC3)C2c2ccncc2)CC1. The maximum atomic E-state index is 13.0. The van der Waals surface area contributed by atoms with Crippen molar-refractivity contribution in [3.05, 3.63) is 60.2 Å². The Morgan fingerprint density at radius 2 is 1.72 bits per heavy atom. The van der Waals surface area contributed by atoms with Crippen LogP contribution in [0.5, 0.6) is 5.75 Å². The van der Waals surface area contributed by atoms with E-state index in [0.717, 1.165) is 25.9 Å². The lowest BCUT2D eigenvalue weighted by atomic mass is 9.60. The monoisotopic (exact) mass is 437 g/mol. The van der Waals surface area contributed by atoms with Gasteiger partial charge in [-0.15, -0.1) is 0 Å². The fraction of sp³-hybridized carbons (Fsp3) is 0.538.